The minimum absolute atomic E-state index is 0.0544. The quantitative estimate of drug-likeness (QED) is 0.673. The van der Waals surface area contributed by atoms with Gasteiger partial charge in [-0.3, -0.25) is 9.48 Å². The zero-order valence-corrected chi connectivity index (χ0v) is 16.7. The first-order valence-corrected chi connectivity index (χ1v) is 9.71. The van der Waals surface area contributed by atoms with Gasteiger partial charge in [0.2, 0.25) is 5.91 Å². The molecule has 6 nitrogen and oxygen atoms in total. The van der Waals surface area contributed by atoms with E-state index in [1.807, 2.05) is 31.3 Å². The fourth-order valence-electron chi connectivity index (χ4n) is 3.53. The van der Waals surface area contributed by atoms with Crippen LogP contribution in [0.5, 0.6) is 5.75 Å². The summed E-state index contributed by atoms with van der Waals surface area (Å²) >= 11 is 0. The Bertz CT molecular complexity index is 1000. The van der Waals surface area contributed by atoms with Crippen molar-refractivity contribution >= 4 is 11.5 Å². The molecule has 3 aromatic rings. The SMILES string of the molecule is CN(CC/C=C1/c2ccccc2COc2ccccc21)C(=O)Cc1cnnn1C. The summed E-state index contributed by atoms with van der Waals surface area (Å²) in [6, 6.07) is 16.4. The molecule has 6 heteroatoms. The van der Waals surface area contributed by atoms with Gasteiger partial charge in [-0.2, -0.15) is 0 Å². The first-order valence-electron chi connectivity index (χ1n) is 9.71. The Hall–Kier alpha value is -3.41. The number of amides is 1. The highest BCUT2D eigenvalue weighted by molar-refractivity contribution is 5.85. The van der Waals surface area contributed by atoms with Crippen molar-refractivity contribution in [2.45, 2.75) is 19.4 Å². The summed E-state index contributed by atoms with van der Waals surface area (Å²) in [5.74, 6) is 0.946. The van der Waals surface area contributed by atoms with Gasteiger partial charge in [0.15, 0.2) is 0 Å². The first kappa shape index (κ1) is 18.9. The number of likely N-dealkylation sites (N-methyl/N-ethyl adjacent to an activating group) is 1. The van der Waals surface area contributed by atoms with Crippen molar-refractivity contribution in [3.63, 3.8) is 0 Å². The van der Waals surface area contributed by atoms with Gasteiger partial charge in [-0.1, -0.05) is 53.8 Å². The molecule has 0 saturated carbocycles. The van der Waals surface area contributed by atoms with E-state index in [0.29, 0.717) is 19.6 Å². The molecule has 4 rings (SSSR count). The maximum atomic E-state index is 12.5. The Morgan fingerprint density at radius 2 is 1.93 bits per heavy atom. The number of aryl methyl sites for hydroxylation is 1. The predicted molar refractivity (Wildman–Crippen MR) is 111 cm³/mol. The van der Waals surface area contributed by atoms with E-state index in [2.05, 4.69) is 40.7 Å². The minimum atomic E-state index is 0.0544. The van der Waals surface area contributed by atoms with Crippen LogP contribution in [0, 0.1) is 0 Å². The van der Waals surface area contributed by atoms with Crippen molar-refractivity contribution in [1.82, 2.24) is 19.9 Å². The van der Waals surface area contributed by atoms with Gasteiger partial charge < -0.3 is 9.64 Å². The molecule has 0 fully saturated rings. The molecule has 0 unspecified atom stereocenters. The molecule has 148 valence electrons. The van der Waals surface area contributed by atoms with Gasteiger partial charge in [0.05, 0.1) is 18.3 Å². The number of fused-ring (bicyclic) bond motifs is 2. The van der Waals surface area contributed by atoms with Crippen LogP contribution >= 0.6 is 0 Å². The summed E-state index contributed by atoms with van der Waals surface area (Å²) in [5, 5.41) is 7.71. The number of para-hydroxylation sites is 1. The van der Waals surface area contributed by atoms with Crippen LogP contribution in [0.15, 0.2) is 60.8 Å². The van der Waals surface area contributed by atoms with E-state index in [4.69, 9.17) is 4.74 Å². The van der Waals surface area contributed by atoms with E-state index in [-0.39, 0.29) is 5.91 Å². The van der Waals surface area contributed by atoms with Crippen LogP contribution in [-0.2, 0) is 24.9 Å². The molecule has 0 bridgehead atoms. The van der Waals surface area contributed by atoms with Gasteiger partial charge in [-0.15, -0.1) is 5.10 Å². The largest absolute Gasteiger partial charge is 0.488 e. The van der Waals surface area contributed by atoms with E-state index >= 15 is 0 Å². The highest BCUT2D eigenvalue weighted by atomic mass is 16.5. The lowest BCUT2D eigenvalue weighted by Crippen LogP contribution is -2.29. The predicted octanol–water partition coefficient (Wildman–Crippen LogP) is 3.23. The summed E-state index contributed by atoms with van der Waals surface area (Å²) in [6.45, 7) is 1.19. The summed E-state index contributed by atoms with van der Waals surface area (Å²) in [5.41, 5.74) is 5.41. The summed E-state index contributed by atoms with van der Waals surface area (Å²) in [4.78, 5) is 14.3. The highest BCUT2D eigenvalue weighted by Crippen LogP contribution is 2.36. The molecule has 0 saturated heterocycles. The molecule has 1 aromatic heterocycles. The van der Waals surface area contributed by atoms with Crippen LogP contribution in [0.2, 0.25) is 0 Å². The van der Waals surface area contributed by atoms with Crippen molar-refractivity contribution in [3.8, 4) is 5.75 Å². The molecule has 0 aliphatic carbocycles. The van der Waals surface area contributed by atoms with Crippen LogP contribution in [0.4, 0.5) is 0 Å². The molecule has 2 heterocycles. The van der Waals surface area contributed by atoms with Crippen molar-refractivity contribution in [2.24, 2.45) is 7.05 Å². The molecule has 0 N–H and O–H groups in total. The number of hydrogen-bond acceptors (Lipinski definition) is 4. The fourth-order valence-corrected chi connectivity index (χ4v) is 3.53. The highest BCUT2D eigenvalue weighted by Gasteiger charge is 2.18. The normalized spacial score (nSPS) is 13.9. The van der Waals surface area contributed by atoms with E-state index in [9.17, 15) is 4.79 Å². The molecule has 2 aromatic carbocycles. The number of hydrogen-bond donors (Lipinski definition) is 0. The van der Waals surface area contributed by atoms with Gasteiger partial charge in [0.25, 0.3) is 0 Å². The smallest absolute Gasteiger partial charge is 0.228 e. The van der Waals surface area contributed by atoms with Gasteiger partial charge in [-0.25, -0.2) is 0 Å². The number of rotatable bonds is 5. The van der Waals surface area contributed by atoms with Crippen LogP contribution in [0.3, 0.4) is 0 Å². The second-order valence-electron chi connectivity index (χ2n) is 7.19. The number of carbonyl (C=O) groups excluding carboxylic acids is 1. The molecule has 1 aliphatic rings. The molecule has 0 radical (unpaired) electrons. The standard InChI is InChI=1S/C23H24N4O2/c1-26(23(28)14-18-15-24-25-27(18)2)13-7-11-20-19-9-4-3-8-17(19)16-29-22-12-6-5-10-21(20)22/h3-6,8-12,15H,7,13-14,16H2,1-2H3/b20-11-. The topological polar surface area (TPSA) is 60.2 Å². The molecular weight excluding hydrogens is 364 g/mol. The van der Waals surface area contributed by atoms with Gasteiger partial charge in [-0.05, 0) is 29.2 Å². The summed E-state index contributed by atoms with van der Waals surface area (Å²) < 4.78 is 7.65. The second kappa shape index (κ2) is 8.31. The van der Waals surface area contributed by atoms with Gasteiger partial charge in [0, 0.05) is 26.2 Å². The average Bonchev–Trinajstić information content (AvgIpc) is 3.06. The van der Waals surface area contributed by atoms with Crippen molar-refractivity contribution < 1.29 is 9.53 Å². The van der Waals surface area contributed by atoms with Gasteiger partial charge in [0.1, 0.15) is 12.4 Å². The van der Waals surface area contributed by atoms with E-state index in [1.54, 1.807) is 22.8 Å². The Labute approximate surface area is 170 Å². The zero-order chi connectivity index (χ0) is 20.2. The maximum absolute atomic E-state index is 12.5. The third-order valence-corrected chi connectivity index (χ3v) is 5.25. The lowest BCUT2D eigenvalue weighted by Gasteiger charge is -2.17. The van der Waals surface area contributed by atoms with Crippen LogP contribution in [0.25, 0.3) is 5.57 Å². The van der Waals surface area contributed by atoms with E-state index in [0.717, 1.165) is 29.0 Å². The molecular formula is C23H24N4O2. The third kappa shape index (κ3) is 4.06. The number of benzene rings is 2. The minimum Gasteiger partial charge on any atom is -0.488 e. The monoisotopic (exact) mass is 388 g/mol. The Morgan fingerprint density at radius 3 is 2.72 bits per heavy atom. The molecule has 1 aliphatic heterocycles. The van der Waals surface area contributed by atoms with Crippen molar-refractivity contribution in [1.29, 1.82) is 0 Å². The van der Waals surface area contributed by atoms with E-state index < -0.39 is 0 Å². The fraction of sp³-hybridized carbons (Fsp3) is 0.261. The molecule has 29 heavy (non-hydrogen) atoms. The third-order valence-electron chi connectivity index (χ3n) is 5.25. The maximum Gasteiger partial charge on any atom is 0.228 e. The molecule has 1 amide bonds. The number of carbonyl (C=O) groups is 1. The summed E-state index contributed by atoms with van der Waals surface area (Å²) in [7, 11) is 3.63. The lowest BCUT2D eigenvalue weighted by atomic mass is 9.93. The van der Waals surface area contributed by atoms with Crippen LogP contribution in [-0.4, -0.2) is 39.4 Å². The molecule has 0 spiro atoms. The first-order chi connectivity index (χ1) is 14.1. The van der Waals surface area contributed by atoms with Crippen molar-refractivity contribution in [3.05, 3.63) is 83.2 Å². The zero-order valence-electron chi connectivity index (χ0n) is 16.7. The summed E-state index contributed by atoms with van der Waals surface area (Å²) in [6.07, 6.45) is 4.90. The van der Waals surface area contributed by atoms with E-state index in [1.165, 1.54) is 11.1 Å². The Kier molecular flexibility index (Phi) is 5.42. The Balaban J connectivity index is 1.52. The van der Waals surface area contributed by atoms with Crippen LogP contribution < -0.4 is 4.74 Å². The number of nitrogens with zero attached hydrogens (tertiary/aromatic N) is 4. The van der Waals surface area contributed by atoms with Crippen molar-refractivity contribution in [2.75, 3.05) is 13.6 Å². The van der Waals surface area contributed by atoms with Gasteiger partial charge >= 0.3 is 0 Å². The average molecular weight is 388 g/mol. The molecule has 0 atom stereocenters. The Morgan fingerprint density at radius 1 is 1.17 bits per heavy atom. The van der Waals surface area contributed by atoms with Crippen LogP contribution in [0.1, 0.15) is 28.8 Å². The number of aromatic nitrogens is 3. The number of ether oxygens (including phenoxy) is 1. The lowest BCUT2D eigenvalue weighted by molar-refractivity contribution is -0.129. The second-order valence-corrected chi connectivity index (χ2v) is 7.19.